The third kappa shape index (κ3) is 3.14. The molecule has 2 N–H and O–H groups in total. The van der Waals surface area contributed by atoms with E-state index in [0.717, 1.165) is 19.3 Å². The summed E-state index contributed by atoms with van der Waals surface area (Å²) in [5, 5.41) is 18.0. The molecule has 0 bridgehead atoms. The molecule has 0 radical (unpaired) electrons. The van der Waals surface area contributed by atoms with Crippen molar-refractivity contribution < 1.29 is 19.8 Å². The first-order valence-electron chi connectivity index (χ1n) is 6.63. The van der Waals surface area contributed by atoms with Gasteiger partial charge in [-0.05, 0) is 25.7 Å². The van der Waals surface area contributed by atoms with E-state index in [1.54, 1.807) is 4.90 Å². The molecule has 0 spiro atoms. The normalized spacial score (nSPS) is 27.0. The van der Waals surface area contributed by atoms with Crippen molar-refractivity contribution in [2.24, 2.45) is 0 Å². The van der Waals surface area contributed by atoms with Gasteiger partial charge in [-0.3, -0.25) is 0 Å². The predicted molar refractivity (Wildman–Crippen MR) is 72.0 cm³/mol. The van der Waals surface area contributed by atoms with Crippen LogP contribution in [0.15, 0.2) is 0 Å². The molecule has 0 aromatic rings. The van der Waals surface area contributed by atoms with Crippen LogP contribution in [0.5, 0.6) is 0 Å². The molecule has 1 unspecified atom stereocenters. The molecule has 2 fully saturated rings. The lowest BCUT2D eigenvalue weighted by atomic mass is 10.1. The number of hydrogen-bond donors (Lipinski definition) is 2. The molecule has 2 aliphatic heterocycles. The molecule has 0 aliphatic carbocycles. The minimum absolute atomic E-state index is 0.135. The summed E-state index contributed by atoms with van der Waals surface area (Å²) in [4.78, 5) is 26.8. The van der Waals surface area contributed by atoms with Crippen molar-refractivity contribution in [2.75, 3.05) is 24.8 Å². The molecule has 2 rings (SSSR count). The number of aliphatic hydroxyl groups is 1. The van der Waals surface area contributed by atoms with E-state index in [1.165, 1.54) is 16.7 Å². The summed E-state index contributed by atoms with van der Waals surface area (Å²) >= 11 is 1.48. The van der Waals surface area contributed by atoms with Crippen LogP contribution in [0.3, 0.4) is 0 Å². The number of thioether (sulfide) groups is 1. The number of carbonyl (C=O) groups excluding carboxylic acids is 1. The molecule has 108 valence electrons. The SMILES string of the molecule is O=C(O)[C@@H]1CSCN1C(=O)N1CCCC1CCCO. The molecule has 2 saturated heterocycles. The van der Waals surface area contributed by atoms with E-state index in [4.69, 9.17) is 10.2 Å². The standard InChI is InChI=1S/C12H20N2O4S/c15-6-2-4-9-3-1-5-13(9)12(18)14-8-19-7-10(14)11(16)17/h9-10,15H,1-8H2,(H,16,17)/t9?,10-/m0/s1. The second kappa shape index (κ2) is 6.47. The maximum absolute atomic E-state index is 12.4. The first-order valence-corrected chi connectivity index (χ1v) is 7.79. The van der Waals surface area contributed by atoms with Gasteiger partial charge < -0.3 is 20.0 Å². The fourth-order valence-corrected chi connectivity index (χ4v) is 3.85. The van der Waals surface area contributed by atoms with E-state index in [2.05, 4.69) is 0 Å². The molecular formula is C12H20N2O4S. The van der Waals surface area contributed by atoms with E-state index in [-0.39, 0.29) is 18.7 Å². The topological polar surface area (TPSA) is 81.1 Å². The molecule has 6 nitrogen and oxygen atoms in total. The second-order valence-corrected chi connectivity index (χ2v) is 5.96. The third-order valence-corrected chi connectivity index (χ3v) is 4.74. The molecule has 7 heteroatoms. The first-order chi connectivity index (χ1) is 9.15. The van der Waals surface area contributed by atoms with E-state index >= 15 is 0 Å². The van der Waals surface area contributed by atoms with Gasteiger partial charge in [0.05, 0.1) is 5.88 Å². The van der Waals surface area contributed by atoms with E-state index < -0.39 is 12.0 Å². The Balaban J connectivity index is 1.99. The fourth-order valence-electron chi connectivity index (χ4n) is 2.72. The number of hydrogen-bond acceptors (Lipinski definition) is 4. The maximum atomic E-state index is 12.4. The second-order valence-electron chi connectivity index (χ2n) is 4.96. The number of carboxylic acid groups (broad SMARTS) is 1. The number of rotatable bonds is 4. The summed E-state index contributed by atoms with van der Waals surface area (Å²) in [6, 6.07) is -0.700. The largest absolute Gasteiger partial charge is 0.480 e. The van der Waals surface area contributed by atoms with E-state index in [9.17, 15) is 9.59 Å². The van der Waals surface area contributed by atoms with E-state index in [0.29, 0.717) is 24.6 Å². The van der Waals surface area contributed by atoms with E-state index in [1.807, 2.05) is 0 Å². The van der Waals surface area contributed by atoms with Gasteiger partial charge in [-0.25, -0.2) is 9.59 Å². The summed E-state index contributed by atoms with van der Waals surface area (Å²) in [5.41, 5.74) is 0. The van der Waals surface area contributed by atoms with Crippen LogP contribution in [0.2, 0.25) is 0 Å². The summed E-state index contributed by atoms with van der Waals surface area (Å²) in [5.74, 6) is -0.000597. The van der Waals surface area contributed by atoms with Crippen LogP contribution < -0.4 is 0 Å². The minimum Gasteiger partial charge on any atom is -0.480 e. The molecule has 0 saturated carbocycles. The van der Waals surface area contributed by atoms with Crippen LogP contribution in [0.1, 0.15) is 25.7 Å². The lowest BCUT2D eigenvalue weighted by molar-refractivity contribution is -0.141. The Hall–Kier alpha value is -0.950. The van der Waals surface area contributed by atoms with Gasteiger partial charge in [0.25, 0.3) is 0 Å². The van der Waals surface area contributed by atoms with Crippen LogP contribution in [0, 0.1) is 0 Å². The molecule has 0 aromatic heterocycles. The summed E-state index contributed by atoms with van der Waals surface area (Å²) < 4.78 is 0. The Kier molecular flexibility index (Phi) is 4.93. The highest BCUT2D eigenvalue weighted by molar-refractivity contribution is 7.99. The summed E-state index contributed by atoms with van der Waals surface area (Å²) in [7, 11) is 0. The summed E-state index contributed by atoms with van der Waals surface area (Å²) in [6.45, 7) is 0.832. The van der Waals surface area contributed by atoms with Crippen molar-refractivity contribution in [3.8, 4) is 0 Å². The minimum atomic E-state index is -0.926. The average Bonchev–Trinajstić information content (AvgIpc) is 3.04. The van der Waals surface area contributed by atoms with Gasteiger partial charge in [0, 0.05) is 24.9 Å². The molecule has 2 atom stereocenters. The number of nitrogens with zero attached hydrogens (tertiary/aromatic N) is 2. The lowest BCUT2D eigenvalue weighted by Gasteiger charge is -2.31. The molecule has 19 heavy (non-hydrogen) atoms. The number of urea groups is 1. The molecule has 0 aromatic carbocycles. The Morgan fingerprint density at radius 2 is 2.11 bits per heavy atom. The Morgan fingerprint density at radius 1 is 1.32 bits per heavy atom. The van der Waals surface area contributed by atoms with Gasteiger partial charge in [0.15, 0.2) is 0 Å². The number of aliphatic hydroxyl groups excluding tert-OH is 1. The van der Waals surface area contributed by atoms with Gasteiger partial charge >= 0.3 is 12.0 Å². The Labute approximate surface area is 116 Å². The number of carbonyl (C=O) groups is 2. The third-order valence-electron chi connectivity index (χ3n) is 3.73. The van der Waals surface area contributed by atoms with Crippen LogP contribution >= 0.6 is 11.8 Å². The van der Waals surface area contributed by atoms with Gasteiger partial charge in [-0.1, -0.05) is 0 Å². The zero-order valence-electron chi connectivity index (χ0n) is 10.8. The van der Waals surface area contributed by atoms with Crippen LogP contribution in [-0.4, -0.2) is 68.9 Å². The molecule has 2 aliphatic rings. The number of amides is 2. The van der Waals surface area contributed by atoms with Crippen molar-refractivity contribution in [3.05, 3.63) is 0 Å². The highest BCUT2D eigenvalue weighted by Crippen LogP contribution is 2.27. The molecule has 2 heterocycles. The Bertz CT molecular complexity index is 353. The van der Waals surface area contributed by atoms with Gasteiger partial charge in [0.2, 0.25) is 0 Å². The highest BCUT2D eigenvalue weighted by atomic mass is 32.2. The maximum Gasteiger partial charge on any atom is 0.327 e. The highest BCUT2D eigenvalue weighted by Gasteiger charge is 2.39. The number of likely N-dealkylation sites (tertiary alicyclic amines) is 1. The van der Waals surface area contributed by atoms with Crippen LogP contribution in [0.4, 0.5) is 4.79 Å². The Morgan fingerprint density at radius 3 is 2.79 bits per heavy atom. The van der Waals surface area contributed by atoms with Crippen molar-refractivity contribution in [1.82, 2.24) is 9.80 Å². The van der Waals surface area contributed by atoms with Crippen LogP contribution in [0.25, 0.3) is 0 Å². The van der Waals surface area contributed by atoms with Crippen LogP contribution in [-0.2, 0) is 4.79 Å². The lowest BCUT2D eigenvalue weighted by Crippen LogP contribution is -2.50. The predicted octanol–water partition coefficient (Wildman–Crippen LogP) is 0.803. The number of carboxylic acids is 1. The zero-order chi connectivity index (χ0) is 13.8. The fraction of sp³-hybridized carbons (Fsp3) is 0.833. The molecular weight excluding hydrogens is 268 g/mol. The molecule has 2 amide bonds. The number of aliphatic carboxylic acids is 1. The summed E-state index contributed by atoms with van der Waals surface area (Å²) in [6.07, 6.45) is 3.39. The monoisotopic (exact) mass is 288 g/mol. The van der Waals surface area contributed by atoms with Crippen molar-refractivity contribution in [2.45, 2.75) is 37.8 Å². The zero-order valence-corrected chi connectivity index (χ0v) is 11.6. The average molecular weight is 288 g/mol. The van der Waals surface area contributed by atoms with Gasteiger partial charge in [-0.15, -0.1) is 11.8 Å². The quantitative estimate of drug-likeness (QED) is 0.800. The van der Waals surface area contributed by atoms with Crippen molar-refractivity contribution >= 4 is 23.8 Å². The van der Waals surface area contributed by atoms with Crippen molar-refractivity contribution in [3.63, 3.8) is 0 Å². The van der Waals surface area contributed by atoms with Crippen molar-refractivity contribution in [1.29, 1.82) is 0 Å². The van der Waals surface area contributed by atoms with Gasteiger partial charge in [-0.2, -0.15) is 0 Å². The van der Waals surface area contributed by atoms with Gasteiger partial charge in [0.1, 0.15) is 6.04 Å². The smallest absolute Gasteiger partial charge is 0.327 e. The first kappa shape index (κ1) is 14.5.